The third-order valence-corrected chi connectivity index (χ3v) is 3.34. The monoisotopic (exact) mass is 251 g/mol. The summed E-state index contributed by atoms with van der Waals surface area (Å²) in [5.41, 5.74) is 12.4. The SMILES string of the molecule is NCc1cc(F)cc(N2CCCCC2C(N)=O)c1. The maximum absolute atomic E-state index is 13.5. The molecule has 0 spiro atoms. The number of halogens is 1. The normalized spacial score (nSPS) is 19.9. The lowest BCUT2D eigenvalue weighted by Crippen LogP contribution is -2.47. The zero-order valence-corrected chi connectivity index (χ0v) is 10.2. The quantitative estimate of drug-likeness (QED) is 0.845. The lowest BCUT2D eigenvalue weighted by Gasteiger charge is -2.35. The molecule has 1 fully saturated rings. The number of primary amides is 1. The highest BCUT2D eigenvalue weighted by Gasteiger charge is 2.27. The number of amides is 1. The van der Waals surface area contributed by atoms with E-state index in [2.05, 4.69) is 0 Å². The molecule has 18 heavy (non-hydrogen) atoms. The molecule has 4 N–H and O–H groups in total. The number of rotatable bonds is 3. The van der Waals surface area contributed by atoms with Crippen molar-refractivity contribution in [3.63, 3.8) is 0 Å². The van der Waals surface area contributed by atoms with Crippen molar-refractivity contribution in [2.45, 2.75) is 31.8 Å². The first-order chi connectivity index (χ1) is 8.61. The smallest absolute Gasteiger partial charge is 0.240 e. The van der Waals surface area contributed by atoms with Crippen molar-refractivity contribution in [1.29, 1.82) is 0 Å². The van der Waals surface area contributed by atoms with Crippen LogP contribution < -0.4 is 16.4 Å². The van der Waals surface area contributed by atoms with Crippen molar-refractivity contribution in [1.82, 2.24) is 0 Å². The first-order valence-electron chi connectivity index (χ1n) is 6.17. The first kappa shape index (κ1) is 12.8. The molecule has 1 heterocycles. The molecule has 1 unspecified atom stereocenters. The molecular formula is C13H18FN3O. The van der Waals surface area contributed by atoms with E-state index in [1.807, 2.05) is 11.0 Å². The van der Waals surface area contributed by atoms with Gasteiger partial charge in [-0.3, -0.25) is 4.79 Å². The number of anilines is 1. The van der Waals surface area contributed by atoms with Gasteiger partial charge in [-0.05, 0) is 43.0 Å². The summed E-state index contributed by atoms with van der Waals surface area (Å²) in [6.07, 6.45) is 2.69. The van der Waals surface area contributed by atoms with Crippen molar-refractivity contribution >= 4 is 11.6 Å². The van der Waals surface area contributed by atoms with Crippen LogP contribution in [0.3, 0.4) is 0 Å². The van der Waals surface area contributed by atoms with Crippen LogP contribution in [0, 0.1) is 5.82 Å². The Morgan fingerprint density at radius 1 is 1.39 bits per heavy atom. The van der Waals surface area contributed by atoms with Crippen LogP contribution >= 0.6 is 0 Å². The van der Waals surface area contributed by atoms with E-state index in [9.17, 15) is 9.18 Å². The van der Waals surface area contributed by atoms with Gasteiger partial charge in [0.1, 0.15) is 11.9 Å². The summed E-state index contributed by atoms with van der Waals surface area (Å²) in [4.78, 5) is 13.3. The molecule has 0 radical (unpaired) electrons. The first-order valence-corrected chi connectivity index (χ1v) is 6.17. The number of hydrogen-bond acceptors (Lipinski definition) is 3. The molecule has 1 aliphatic rings. The van der Waals surface area contributed by atoms with E-state index >= 15 is 0 Å². The van der Waals surface area contributed by atoms with E-state index in [4.69, 9.17) is 11.5 Å². The molecule has 1 aliphatic heterocycles. The van der Waals surface area contributed by atoms with Gasteiger partial charge in [-0.25, -0.2) is 4.39 Å². The van der Waals surface area contributed by atoms with Crippen molar-refractivity contribution in [2.75, 3.05) is 11.4 Å². The van der Waals surface area contributed by atoms with E-state index in [1.54, 1.807) is 0 Å². The second-order valence-electron chi connectivity index (χ2n) is 4.63. The van der Waals surface area contributed by atoms with Crippen molar-refractivity contribution in [2.24, 2.45) is 11.5 Å². The Morgan fingerprint density at radius 3 is 2.83 bits per heavy atom. The van der Waals surface area contributed by atoms with E-state index in [0.717, 1.165) is 31.4 Å². The average Bonchev–Trinajstić information content (AvgIpc) is 2.38. The van der Waals surface area contributed by atoms with Crippen LogP contribution in [-0.4, -0.2) is 18.5 Å². The summed E-state index contributed by atoms with van der Waals surface area (Å²) in [6.45, 7) is 1.00. The third kappa shape index (κ3) is 2.61. The molecule has 0 bridgehead atoms. The molecule has 0 aromatic heterocycles. The maximum Gasteiger partial charge on any atom is 0.240 e. The van der Waals surface area contributed by atoms with Gasteiger partial charge in [-0.2, -0.15) is 0 Å². The second-order valence-corrected chi connectivity index (χ2v) is 4.63. The molecule has 98 valence electrons. The number of nitrogens with two attached hydrogens (primary N) is 2. The fourth-order valence-electron chi connectivity index (χ4n) is 2.45. The zero-order chi connectivity index (χ0) is 13.1. The van der Waals surface area contributed by atoms with Gasteiger partial charge < -0.3 is 16.4 Å². The van der Waals surface area contributed by atoms with E-state index in [0.29, 0.717) is 5.69 Å². The molecule has 0 aliphatic carbocycles. The average molecular weight is 251 g/mol. The Hall–Kier alpha value is -1.62. The molecule has 4 nitrogen and oxygen atoms in total. The van der Waals surface area contributed by atoms with E-state index in [1.165, 1.54) is 12.1 Å². The molecule has 1 aromatic carbocycles. The molecule has 0 saturated carbocycles. The summed E-state index contributed by atoms with van der Waals surface area (Å²) in [5.74, 6) is -0.685. The number of hydrogen-bond donors (Lipinski definition) is 2. The minimum atomic E-state index is -0.353. The number of benzene rings is 1. The largest absolute Gasteiger partial charge is 0.368 e. The predicted octanol–water partition coefficient (Wildman–Crippen LogP) is 1.13. The summed E-state index contributed by atoms with van der Waals surface area (Å²) < 4.78 is 13.5. The topological polar surface area (TPSA) is 72.3 Å². The highest BCUT2D eigenvalue weighted by molar-refractivity contribution is 5.83. The predicted molar refractivity (Wildman–Crippen MR) is 68.5 cm³/mol. The van der Waals surface area contributed by atoms with Crippen LogP contribution in [0.2, 0.25) is 0 Å². The van der Waals surface area contributed by atoms with Gasteiger partial charge >= 0.3 is 0 Å². The Kier molecular flexibility index (Phi) is 3.81. The van der Waals surface area contributed by atoms with Crippen molar-refractivity contribution in [3.8, 4) is 0 Å². The van der Waals surface area contributed by atoms with Crippen LogP contribution in [0.5, 0.6) is 0 Å². The zero-order valence-electron chi connectivity index (χ0n) is 10.2. The number of nitrogens with zero attached hydrogens (tertiary/aromatic N) is 1. The van der Waals surface area contributed by atoms with Gasteiger partial charge in [0.25, 0.3) is 0 Å². The summed E-state index contributed by atoms with van der Waals surface area (Å²) in [5, 5.41) is 0. The fraction of sp³-hybridized carbons (Fsp3) is 0.462. The van der Waals surface area contributed by atoms with Crippen molar-refractivity contribution in [3.05, 3.63) is 29.6 Å². The van der Waals surface area contributed by atoms with Gasteiger partial charge in [0, 0.05) is 18.8 Å². The highest BCUT2D eigenvalue weighted by Crippen LogP contribution is 2.26. The van der Waals surface area contributed by atoms with Gasteiger partial charge in [0.2, 0.25) is 5.91 Å². The molecule has 1 amide bonds. The Labute approximate surface area is 106 Å². The minimum Gasteiger partial charge on any atom is -0.368 e. The van der Waals surface area contributed by atoms with Gasteiger partial charge in [0.15, 0.2) is 0 Å². The molecule has 2 rings (SSSR count). The Bertz CT molecular complexity index is 450. The van der Waals surface area contributed by atoms with Gasteiger partial charge in [-0.1, -0.05) is 0 Å². The van der Waals surface area contributed by atoms with Crippen molar-refractivity contribution < 1.29 is 9.18 Å². The van der Waals surface area contributed by atoms with Crippen LogP contribution in [0.15, 0.2) is 18.2 Å². The lowest BCUT2D eigenvalue weighted by atomic mass is 10.00. The molecule has 1 aromatic rings. The summed E-state index contributed by atoms with van der Waals surface area (Å²) >= 11 is 0. The maximum atomic E-state index is 13.5. The van der Waals surface area contributed by atoms with Crippen LogP contribution in [-0.2, 0) is 11.3 Å². The molecular weight excluding hydrogens is 233 g/mol. The van der Waals surface area contributed by atoms with Crippen LogP contribution in [0.25, 0.3) is 0 Å². The molecule has 1 atom stereocenters. The van der Waals surface area contributed by atoms with Gasteiger partial charge in [0.05, 0.1) is 0 Å². The number of carbonyl (C=O) groups excluding carboxylic acids is 1. The highest BCUT2D eigenvalue weighted by atomic mass is 19.1. The van der Waals surface area contributed by atoms with E-state index in [-0.39, 0.29) is 24.3 Å². The molecule has 1 saturated heterocycles. The lowest BCUT2D eigenvalue weighted by molar-refractivity contribution is -0.119. The number of carbonyl (C=O) groups is 1. The van der Waals surface area contributed by atoms with Gasteiger partial charge in [-0.15, -0.1) is 0 Å². The Balaban J connectivity index is 2.33. The number of piperidine rings is 1. The minimum absolute atomic E-state index is 0.278. The van der Waals surface area contributed by atoms with E-state index < -0.39 is 0 Å². The van der Waals surface area contributed by atoms with Crippen LogP contribution in [0.4, 0.5) is 10.1 Å². The second kappa shape index (κ2) is 5.35. The Morgan fingerprint density at radius 2 is 2.17 bits per heavy atom. The van der Waals surface area contributed by atoms with Crippen LogP contribution in [0.1, 0.15) is 24.8 Å². The third-order valence-electron chi connectivity index (χ3n) is 3.34. The summed E-state index contributed by atoms with van der Waals surface area (Å²) in [6, 6.07) is 4.32. The fourth-order valence-corrected chi connectivity index (χ4v) is 2.45. The standard InChI is InChI=1S/C13H18FN3O/c14-10-5-9(8-15)6-11(7-10)17-4-2-1-3-12(17)13(16)18/h5-7,12H,1-4,8,15H2,(H2,16,18). The molecule has 5 heteroatoms. The summed E-state index contributed by atoms with van der Waals surface area (Å²) in [7, 11) is 0.